The van der Waals surface area contributed by atoms with Crippen molar-refractivity contribution in [2.45, 2.75) is 6.92 Å². The third kappa shape index (κ3) is 4.15. The van der Waals surface area contributed by atoms with Crippen LogP contribution in [0.15, 0.2) is 60.8 Å². The van der Waals surface area contributed by atoms with Crippen molar-refractivity contribution in [1.29, 1.82) is 0 Å². The van der Waals surface area contributed by atoms with Gasteiger partial charge in [0.25, 0.3) is 0 Å². The van der Waals surface area contributed by atoms with Crippen LogP contribution in [-0.2, 0) is 14.3 Å². The summed E-state index contributed by atoms with van der Waals surface area (Å²) in [5.74, 6) is -1.09. The molecular weight excluding hydrogens is 358 g/mol. The molecule has 2 aromatic carbocycles. The first-order valence-corrected chi connectivity index (χ1v) is 8.59. The zero-order valence-electron chi connectivity index (χ0n) is 15.5. The maximum absolute atomic E-state index is 12.5. The van der Waals surface area contributed by atoms with E-state index in [-0.39, 0.29) is 18.4 Å². The zero-order valence-corrected chi connectivity index (χ0v) is 15.5. The number of benzene rings is 2. The Morgan fingerprint density at radius 3 is 2.43 bits per heavy atom. The molecular formula is C21H19N3O4. The molecule has 0 aliphatic rings. The van der Waals surface area contributed by atoms with Gasteiger partial charge in [-0.05, 0) is 36.4 Å². The van der Waals surface area contributed by atoms with Crippen molar-refractivity contribution in [2.24, 2.45) is 0 Å². The second-order valence-electron chi connectivity index (χ2n) is 6.07. The van der Waals surface area contributed by atoms with E-state index in [9.17, 15) is 14.4 Å². The number of pyridine rings is 1. The molecule has 1 heterocycles. The maximum atomic E-state index is 12.5. The number of hydrogen-bond acceptors (Lipinski definition) is 5. The Labute approximate surface area is 161 Å². The summed E-state index contributed by atoms with van der Waals surface area (Å²) in [5, 5.41) is 3.60. The fourth-order valence-electron chi connectivity index (χ4n) is 2.82. The lowest BCUT2D eigenvalue weighted by Crippen LogP contribution is -2.36. The van der Waals surface area contributed by atoms with Crippen LogP contribution in [0.5, 0.6) is 0 Å². The topological polar surface area (TPSA) is 88.6 Å². The predicted octanol–water partition coefficient (Wildman–Crippen LogP) is 3.01. The number of fused-ring (bicyclic) bond motifs is 1. The number of rotatable bonds is 5. The number of hydrogen-bond donors (Lipinski definition) is 1. The van der Waals surface area contributed by atoms with Crippen LogP contribution in [0.2, 0.25) is 0 Å². The molecule has 0 aliphatic carbocycles. The minimum absolute atomic E-state index is 0.163. The molecule has 0 saturated carbocycles. The molecule has 1 aromatic heterocycles. The van der Waals surface area contributed by atoms with Crippen LogP contribution in [0.4, 0.5) is 11.4 Å². The number of carbonyl (C=O) groups is 3. The molecule has 0 aliphatic heterocycles. The van der Waals surface area contributed by atoms with Crippen molar-refractivity contribution in [3.63, 3.8) is 0 Å². The number of aromatic nitrogens is 1. The van der Waals surface area contributed by atoms with Gasteiger partial charge in [0, 0.05) is 24.2 Å². The number of nitrogens with zero attached hydrogens (tertiary/aromatic N) is 2. The molecule has 7 nitrogen and oxygen atoms in total. The van der Waals surface area contributed by atoms with Gasteiger partial charge in [-0.15, -0.1) is 0 Å². The lowest BCUT2D eigenvalue weighted by Gasteiger charge is -2.22. The molecule has 0 radical (unpaired) electrons. The van der Waals surface area contributed by atoms with Gasteiger partial charge in [-0.25, -0.2) is 4.79 Å². The smallest absolute Gasteiger partial charge is 0.337 e. The first-order chi connectivity index (χ1) is 13.5. The molecule has 142 valence electrons. The Balaban J connectivity index is 1.78. The Morgan fingerprint density at radius 2 is 1.75 bits per heavy atom. The Bertz CT molecular complexity index is 1030. The number of methoxy groups -OCH3 is 1. The summed E-state index contributed by atoms with van der Waals surface area (Å²) in [6.07, 6.45) is 1.65. The second kappa shape index (κ2) is 8.30. The number of amides is 2. The van der Waals surface area contributed by atoms with E-state index >= 15 is 0 Å². The van der Waals surface area contributed by atoms with E-state index in [1.54, 1.807) is 36.5 Å². The van der Waals surface area contributed by atoms with Gasteiger partial charge in [-0.2, -0.15) is 0 Å². The van der Waals surface area contributed by atoms with Crippen molar-refractivity contribution in [3.8, 4) is 0 Å². The summed E-state index contributed by atoms with van der Waals surface area (Å²) in [4.78, 5) is 41.9. The van der Waals surface area contributed by atoms with Crippen molar-refractivity contribution < 1.29 is 19.1 Å². The highest BCUT2D eigenvalue weighted by Gasteiger charge is 2.19. The van der Waals surface area contributed by atoms with Gasteiger partial charge < -0.3 is 15.0 Å². The van der Waals surface area contributed by atoms with E-state index in [1.165, 1.54) is 18.9 Å². The quantitative estimate of drug-likeness (QED) is 0.691. The van der Waals surface area contributed by atoms with Crippen LogP contribution < -0.4 is 10.2 Å². The van der Waals surface area contributed by atoms with E-state index < -0.39 is 5.97 Å². The molecule has 0 fully saturated rings. The van der Waals surface area contributed by atoms with Gasteiger partial charge >= 0.3 is 5.97 Å². The summed E-state index contributed by atoms with van der Waals surface area (Å²) in [7, 11) is 1.30. The summed E-state index contributed by atoms with van der Waals surface area (Å²) in [6.45, 7) is 1.24. The van der Waals surface area contributed by atoms with Crippen molar-refractivity contribution >= 4 is 40.1 Å². The van der Waals surface area contributed by atoms with Crippen molar-refractivity contribution in [3.05, 3.63) is 66.4 Å². The average Bonchev–Trinajstić information content (AvgIpc) is 2.71. The van der Waals surface area contributed by atoms with Crippen LogP contribution in [0.25, 0.3) is 10.9 Å². The monoisotopic (exact) mass is 377 g/mol. The fourth-order valence-corrected chi connectivity index (χ4v) is 2.82. The standard InChI is InChI=1S/C21H19N3O4/c1-14(25)24(18-7-3-5-15-6-4-12-22-20(15)18)13-19(26)23-17-10-8-16(9-11-17)21(27)28-2/h3-12H,13H2,1-2H3,(H,23,26). The van der Waals surface area contributed by atoms with Gasteiger partial charge in [0.1, 0.15) is 6.54 Å². The molecule has 28 heavy (non-hydrogen) atoms. The van der Waals surface area contributed by atoms with Gasteiger partial charge in [-0.1, -0.05) is 18.2 Å². The van der Waals surface area contributed by atoms with Crippen LogP contribution in [0.1, 0.15) is 17.3 Å². The number of para-hydroxylation sites is 1. The number of esters is 1. The lowest BCUT2D eigenvalue weighted by molar-refractivity contribution is -0.120. The second-order valence-corrected chi connectivity index (χ2v) is 6.07. The molecule has 1 N–H and O–H groups in total. The highest BCUT2D eigenvalue weighted by Crippen LogP contribution is 2.25. The van der Waals surface area contributed by atoms with E-state index in [0.717, 1.165) is 5.39 Å². The number of ether oxygens (including phenoxy) is 1. The molecule has 0 bridgehead atoms. The van der Waals surface area contributed by atoms with Crippen molar-refractivity contribution in [1.82, 2.24) is 4.98 Å². The number of anilines is 2. The molecule has 0 spiro atoms. The summed E-state index contributed by atoms with van der Waals surface area (Å²) < 4.78 is 4.64. The SMILES string of the molecule is COC(=O)c1ccc(NC(=O)CN(C(C)=O)c2cccc3cccnc23)cc1. The minimum atomic E-state index is -0.455. The number of carbonyl (C=O) groups excluding carboxylic acids is 3. The van der Waals surface area contributed by atoms with Crippen LogP contribution in [0.3, 0.4) is 0 Å². The number of nitrogens with one attached hydrogen (secondary N) is 1. The van der Waals surface area contributed by atoms with Crippen LogP contribution >= 0.6 is 0 Å². The zero-order chi connectivity index (χ0) is 20.1. The lowest BCUT2D eigenvalue weighted by atomic mass is 10.1. The summed E-state index contributed by atoms with van der Waals surface area (Å²) in [6, 6.07) is 15.5. The minimum Gasteiger partial charge on any atom is -0.465 e. The van der Waals surface area contributed by atoms with E-state index in [4.69, 9.17) is 0 Å². The predicted molar refractivity (Wildman–Crippen MR) is 106 cm³/mol. The Morgan fingerprint density at radius 1 is 1.04 bits per heavy atom. The maximum Gasteiger partial charge on any atom is 0.337 e. The van der Waals surface area contributed by atoms with Gasteiger partial charge in [0.2, 0.25) is 11.8 Å². The van der Waals surface area contributed by atoms with Crippen molar-refractivity contribution in [2.75, 3.05) is 23.9 Å². The summed E-state index contributed by atoms with van der Waals surface area (Å²) in [5.41, 5.74) is 2.11. The van der Waals surface area contributed by atoms with E-state index in [0.29, 0.717) is 22.5 Å². The average molecular weight is 377 g/mol. The van der Waals surface area contributed by atoms with Gasteiger partial charge in [0.15, 0.2) is 0 Å². The molecule has 0 saturated heterocycles. The largest absolute Gasteiger partial charge is 0.465 e. The fraction of sp³-hybridized carbons (Fsp3) is 0.143. The van der Waals surface area contributed by atoms with Gasteiger partial charge in [0.05, 0.1) is 23.9 Å². The van der Waals surface area contributed by atoms with Crippen LogP contribution in [0, 0.1) is 0 Å². The third-order valence-corrected chi connectivity index (χ3v) is 4.17. The normalized spacial score (nSPS) is 10.4. The molecule has 2 amide bonds. The molecule has 3 aromatic rings. The third-order valence-electron chi connectivity index (χ3n) is 4.17. The Hall–Kier alpha value is -3.74. The molecule has 0 unspecified atom stereocenters. The molecule has 3 rings (SSSR count). The first kappa shape index (κ1) is 19.0. The molecule has 7 heteroatoms. The highest BCUT2D eigenvalue weighted by atomic mass is 16.5. The van der Waals surface area contributed by atoms with E-state index in [2.05, 4.69) is 15.0 Å². The van der Waals surface area contributed by atoms with E-state index in [1.807, 2.05) is 24.3 Å². The van der Waals surface area contributed by atoms with Crippen LogP contribution in [-0.4, -0.2) is 36.4 Å². The van der Waals surface area contributed by atoms with Gasteiger partial charge in [-0.3, -0.25) is 14.6 Å². The Kier molecular flexibility index (Phi) is 5.64. The summed E-state index contributed by atoms with van der Waals surface area (Å²) >= 11 is 0. The molecule has 0 atom stereocenters. The highest BCUT2D eigenvalue weighted by molar-refractivity contribution is 6.06. The first-order valence-electron chi connectivity index (χ1n) is 8.59.